The van der Waals surface area contributed by atoms with E-state index in [4.69, 9.17) is 18.7 Å². The van der Waals surface area contributed by atoms with Crippen LogP contribution in [0.3, 0.4) is 0 Å². The molecular weight excluding hydrogens is 716 g/mol. The Morgan fingerprint density at radius 3 is 2.29 bits per heavy atom. The van der Waals surface area contributed by atoms with Gasteiger partial charge in [0.05, 0.1) is 35.9 Å². The van der Waals surface area contributed by atoms with Crippen LogP contribution in [0.15, 0.2) is 71.3 Å². The van der Waals surface area contributed by atoms with Gasteiger partial charge in [-0.15, -0.1) is 0 Å². The van der Waals surface area contributed by atoms with E-state index in [1.807, 2.05) is 79.5 Å². The molecule has 1 saturated heterocycles. The van der Waals surface area contributed by atoms with Crippen molar-refractivity contribution in [2.45, 2.75) is 63.0 Å². The Bertz CT molecular complexity index is 2210. The summed E-state index contributed by atoms with van der Waals surface area (Å²) in [5, 5.41) is 19.7. The molecule has 292 valence electrons. The second-order valence-electron chi connectivity index (χ2n) is 15.9. The minimum atomic E-state index is -2.59. The van der Waals surface area contributed by atoms with Gasteiger partial charge in [-0.1, -0.05) is 60.7 Å². The largest absolute Gasteiger partial charge is 0.496 e. The van der Waals surface area contributed by atoms with Crippen LogP contribution >= 0.6 is 0 Å². The fraction of sp³-hybridized carbons (Fsp3) is 0.419. The maximum atomic E-state index is 15.1. The summed E-state index contributed by atoms with van der Waals surface area (Å²) < 4.78 is 24.1. The smallest absolute Gasteiger partial charge is 0.265 e. The third-order valence-corrected chi connectivity index (χ3v) is 12.4. The van der Waals surface area contributed by atoms with Crippen molar-refractivity contribution < 1.29 is 43.0 Å². The van der Waals surface area contributed by atoms with Crippen molar-refractivity contribution in [3.63, 3.8) is 0 Å². The maximum absolute atomic E-state index is 15.1. The molecule has 2 heterocycles. The van der Waals surface area contributed by atoms with Crippen LogP contribution in [-0.4, -0.2) is 89.3 Å². The molecule has 1 saturated carbocycles. The number of aromatic nitrogens is 1. The highest BCUT2D eigenvalue weighted by Crippen LogP contribution is 2.57. The molecule has 0 bridgehead atoms. The third-order valence-electron chi connectivity index (χ3n) is 12.4. The highest BCUT2D eigenvalue weighted by Gasteiger charge is 2.67. The summed E-state index contributed by atoms with van der Waals surface area (Å²) in [4.78, 5) is 62.3. The van der Waals surface area contributed by atoms with Gasteiger partial charge >= 0.3 is 0 Å². The van der Waals surface area contributed by atoms with E-state index in [1.165, 1.54) is 7.11 Å². The number of rotatable bonds is 10. The van der Waals surface area contributed by atoms with Gasteiger partial charge in [-0.3, -0.25) is 29.0 Å². The molecule has 0 radical (unpaired) electrons. The van der Waals surface area contributed by atoms with E-state index >= 15 is 4.79 Å². The lowest BCUT2D eigenvalue weighted by Crippen LogP contribution is -2.66. The second-order valence-corrected chi connectivity index (χ2v) is 15.9. The Labute approximate surface area is 324 Å². The molecule has 3 aromatic carbocycles. The summed E-state index contributed by atoms with van der Waals surface area (Å²) in [6.45, 7) is 2.76. The second kappa shape index (κ2) is 14.3. The summed E-state index contributed by atoms with van der Waals surface area (Å²) in [6.07, 6.45) is 1.85. The summed E-state index contributed by atoms with van der Waals surface area (Å²) in [6, 6.07) is 19.6. The van der Waals surface area contributed by atoms with Gasteiger partial charge in [-0.2, -0.15) is 0 Å². The first-order chi connectivity index (χ1) is 26.9. The number of likely N-dealkylation sites (tertiary alicyclic amines) is 1. The Morgan fingerprint density at radius 2 is 1.68 bits per heavy atom. The Hall–Kier alpha value is -5.37. The number of carbonyl (C=O) groups is 4. The van der Waals surface area contributed by atoms with Crippen LogP contribution < -0.4 is 19.5 Å². The first kappa shape index (κ1) is 37.5. The number of fused-ring (bicyclic) bond motifs is 4. The molecule has 13 nitrogen and oxygen atoms in total. The molecule has 6 unspecified atom stereocenters. The molecule has 6 atom stereocenters. The summed E-state index contributed by atoms with van der Waals surface area (Å²) in [5.41, 5.74) is -1.03. The van der Waals surface area contributed by atoms with Gasteiger partial charge in [-0.25, -0.2) is 0 Å². The van der Waals surface area contributed by atoms with Gasteiger partial charge in [-0.05, 0) is 82.5 Å². The quantitative estimate of drug-likeness (QED) is 0.207. The van der Waals surface area contributed by atoms with Gasteiger partial charge in [0.2, 0.25) is 11.7 Å². The van der Waals surface area contributed by atoms with Crippen LogP contribution in [-0.2, 0) is 29.2 Å². The number of likely N-dealkylation sites (N-methyl/N-ethyl adjacent to an activating group) is 1. The monoisotopic (exact) mass is 762 g/mol. The average Bonchev–Trinajstić information content (AvgIpc) is 3.77. The number of amides is 1. The van der Waals surface area contributed by atoms with E-state index in [0.717, 1.165) is 24.1 Å². The van der Waals surface area contributed by atoms with Crippen LogP contribution in [0.25, 0.3) is 0 Å². The number of nitrogens with one attached hydrogen (secondary N) is 1. The molecule has 4 aromatic rings. The zero-order valence-corrected chi connectivity index (χ0v) is 32.2. The van der Waals surface area contributed by atoms with Crippen LogP contribution in [0.4, 0.5) is 5.69 Å². The Kier molecular flexibility index (Phi) is 9.58. The fourth-order valence-electron chi connectivity index (χ4n) is 9.29. The lowest BCUT2D eigenvalue weighted by atomic mass is 9.54. The van der Waals surface area contributed by atoms with Crippen molar-refractivity contribution in [1.29, 1.82) is 0 Å². The lowest BCUT2D eigenvalue weighted by molar-refractivity contribution is -0.154. The summed E-state index contributed by atoms with van der Waals surface area (Å²) >= 11 is 0. The molecule has 2 N–H and O–H groups in total. The predicted octanol–water partition coefficient (Wildman–Crippen LogP) is 5.05. The molecule has 1 aliphatic heterocycles. The van der Waals surface area contributed by atoms with E-state index < -0.39 is 52.3 Å². The number of methoxy groups -OCH3 is 1. The first-order valence-electron chi connectivity index (χ1n) is 19.0. The minimum Gasteiger partial charge on any atom is -0.496 e. The first-order valence-corrected chi connectivity index (χ1v) is 19.0. The predicted molar refractivity (Wildman–Crippen MR) is 204 cm³/mol. The van der Waals surface area contributed by atoms with E-state index in [1.54, 1.807) is 25.1 Å². The van der Waals surface area contributed by atoms with Crippen LogP contribution in [0.1, 0.15) is 75.4 Å². The van der Waals surface area contributed by atoms with Gasteiger partial charge in [0.15, 0.2) is 28.7 Å². The molecule has 13 heteroatoms. The number of hydrogen-bond donors (Lipinski definition) is 2. The standard InChI is InChI=1S/C43H46N4O9/c1-42(17-12-18-47(42)4)41(51)44-29-21-30(53-5)27-19-26-20-28-34(46(2)3)37-33(40(45-56-37)55-23-25-15-10-7-11-16-25)39(50)43(28,52)38(49)31(26)35(48)32(27)36(29)54-22-24-13-8-6-9-14-24/h6-11,13-16,21,26,28,31,34,52H,12,17-20,22-23H2,1-5H3,(H,44,51). The maximum Gasteiger partial charge on any atom is 0.265 e. The number of ether oxygens (including phenoxy) is 3. The molecule has 3 aliphatic carbocycles. The van der Waals surface area contributed by atoms with Gasteiger partial charge in [0.1, 0.15) is 24.5 Å². The molecule has 56 heavy (non-hydrogen) atoms. The number of aliphatic hydroxyl groups is 1. The number of hydrogen-bond acceptors (Lipinski definition) is 12. The molecule has 1 amide bonds. The summed E-state index contributed by atoms with van der Waals surface area (Å²) in [7, 11) is 6.93. The van der Waals surface area contributed by atoms with E-state index in [0.29, 0.717) is 17.7 Å². The van der Waals surface area contributed by atoms with Gasteiger partial charge in [0.25, 0.3) is 5.88 Å². The van der Waals surface area contributed by atoms with E-state index in [9.17, 15) is 19.5 Å². The third kappa shape index (κ3) is 5.91. The number of nitrogens with zero attached hydrogens (tertiary/aromatic N) is 3. The van der Waals surface area contributed by atoms with Crippen molar-refractivity contribution in [1.82, 2.24) is 15.0 Å². The molecule has 0 spiro atoms. The average molecular weight is 763 g/mol. The fourth-order valence-corrected chi connectivity index (χ4v) is 9.29. The number of carbonyl (C=O) groups excluding carboxylic acids is 4. The Morgan fingerprint density at radius 1 is 1.02 bits per heavy atom. The molecular formula is C43H46N4O9. The van der Waals surface area contributed by atoms with Gasteiger partial charge in [0, 0.05) is 17.5 Å². The molecule has 4 aliphatic rings. The number of anilines is 1. The number of Topliss-reactive ketones (excluding diaryl/α,β-unsaturated/α-hetero) is 3. The van der Waals surface area contributed by atoms with E-state index in [2.05, 4.69) is 10.5 Å². The van der Waals surface area contributed by atoms with Gasteiger partial charge < -0.3 is 29.2 Å². The van der Waals surface area contributed by atoms with Crippen LogP contribution in [0.5, 0.6) is 17.4 Å². The minimum absolute atomic E-state index is 0.0615. The summed E-state index contributed by atoms with van der Waals surface area (Å²) in [5.74, 6) is -5.10. The SMILES string of the molecule is COc1cc(NC(=O)C2(C)CCCN2C)c(OCc2ccccc2)c2c1CC1CC3C(N(C)C)c4onc(OCc5ccccc5)c4C(=O)C3(O)C(=O)C1C2=O. The van der Waals surface area contributed by atoms with Crippen molar-refractivity contribution in [3.8, 4) is 17.4 Å². The Balaban J connectivity index is 1.20. The molecule has 8 rings (SSSR count). The highest BCUT2D eigenvalue weighted by molar-refractivity contribution is 6.27. The van der Waals surface area contributed by atoms with Crippen molar-refractivity contribution in [3.05, 3.63) is 100 Å². The number of benzene rings is 3. The van der Waals surface area contributed by atoms with Crippen LogP contribution in [0, 0.1) is 17.8 Å². The zero-order chi connectivity index (χ0) is 39.5. The van der Waals surface area contributed by atoms with Crippen molar-refractivity contribution in [2.75, 3.05) is 40.1 Å². The normalized spacial score (nSPS) is 26.9. The number of ketones is 3. The van der Waals surface area contributed by atoms with Crippen molar-refractivity contribution >= 4 is 28.9 Å². The lowest BCUT2D eigenvalue weighted by Gasteiger charge is -2.51. The van der Waals surface area contributed by atoms with Crippen LogP contribution in [0.2, 0.25) is 0 Å². The molecule has 1 aromatic heterocycles. The zero-order valence-electron chi connectivity index (χ0n) is 32.2. The van der Waals surface area contributed by atoms with Crippen molar-refractivity contribution in [2.24, 2.45) is 17.8 Å². The highest BCUT2D eigenvalue weighted by atomic mass is 16.5. The molecule has 2 fully saturated rings. The topological polar surface area (TPSA) is 161 Å². The van der Waals surface area contributed by atoms with E-state index in [-0.39, 0.29) is 66.2 Å².